The van der Waals surface area contributed by atoms with Crippen LogP contribution in [0.1, 0.15) is 22.3 Å². The van der Waals surface area contributed by atoms with E-state index in [1.54, 1.807) is 14.2 Å². The summed E-state index contributed by atoms with van der Waals surface area (Å²) >= 11 is 3.52. The van der Waals surface area contributed by atoms with Gasteiger partial charge in [0.2, 0.25) is 0 Å². The Balaban J connectivity index is 2.13. The summed E-state index contributed by atoms with van der Waals surface area (Å²) in [4.78, 5) is 11.7. The molecule has 3 rings (SSSR count). The summed E-state index contributed by atoms with van der Waals surface area (Å²) in [5, 5.41) is 0. The van der Waals surface area contributed by atoms with Crippen LogP contribution in [0.4, 0.5) is 0 Å². The highest BCUT2D eigenvalue weighted by Gasteiger charge is 2.21. The maximum Gasteiger partial charge on any atom is 0.163 e. The van der Waals surface area contributed by atoms with Gasteiger partial charge in [-0.15, -0.1) is 0 Å². The summed E-state index contributed by atoms with van der Waals surface area (Å²) in [5.41, 5.74) is 3.99. The van der Waals surface area contributed by atoms with E-state index in [4.69, 9.17) is 9.47 Å². The molecule has 0 amide bonds. The van der Waals surface area contributed by atoms with Gasteiger partial charge in [-0.3, -0.25) is 4.79 Å². The third kappa shape index (κ3) is 2.33. The fourth-order valence-electron chi connectivity index (χ4n) is 2.75. The summed E-state index contributed by atoms with van der Waals surface area (Å²) < 4.78 is 11.6. The van der Waals surface area contributed by atoms with Gasteiger partial charge in [-0.25, -0.2) is 0 Å². The number of benzene rings is 2. The van der Waals surface area contributed by atoms with E-state index in [1.165, 1.54) is 0 Å². The van der Waals surface area contributed by atoms with Crippen LogP contribution < -0.4 is 9.47 Å². The first-order valence-electron chi connectivity index (χ1n) is 6.72. The van der Waals surface area contributed by atoms with Crippen LogP contribution in [-0.4, -0.2) is 20.0 Å². The number of methoxy groups -OCH3 is 2. The molecule has 0 spiro atoms. The largest absolute Gasteiger partial charge is 0.495 e. The van der Waals surface area contributed by atoms with E-state index in [1.807, 2.05) is 24.3 Å². The predicted molar refractivity (Wildman–Crippen MR) is 85.3 cm³/mol. The van der Waals surface area contributed by atoms with Gasteiger partial charge in [0.15, 0.2) is 5.78 Å². The number of Topliss-reactive ketones (excluding diaryl/α,β-unsaturated/α-hetero) is 1. The second-order valence-corrected chi connectivity index (χ2v) is 5.75. The third-order valence-electron chi connectivity index (χ3n) is 3.82. The van der Waals surface area contributed by atoms with E-state index in [9.17, 15) is 4.79 Å². The number of ketones is 1. The molecule has 0 fully saturated rings. The molecule has 108 valence electrons. The van der Waals surface area contributed by atoms with Crippen molar-refractivity contribution in [2.24, 2.45) is 0 Å². The lowest BCUT2D eigenvalue weighted by Crippen LogP contribution is -1.94. The lowest BCUT2D eigenvalue weighted by molar-refractivity contribution is 0.0994. The van der Waals surface area contributed by atoms with Gasteiger partial charge in [0.05, 0.1) is 14.2 Å². The molecule has 0 atom stereocenters. The van der Waals surface area contributed by atoms with Crippen LogP contribution in [-0.2, 0) is 6.42 Å². The van der Waals surface area contributed by atoms with Gasteiger partial charge in [0.1, 0.15) is 16.0 Å². The molecule has 0 saturated heterocycles. The first kappa shape index (κ1) is 14.1. The minimum Gasteiger partial charge on any atom is -0.495 e. The maximum atomic E-state index is 11.7. The molecular formula is C17H15BrO3. The molecule has 4 heteroatoms. The number of hydrogen-bond donors (Lipinski definition) is 0. The highest BCUT2D eigenvalue weighted by atomic mass is 79.9. The number of aryl methyl sites for hydroxylation is 1. The van der Waals surface area contributed by atoms with Crippen LogP contribution in [0.15, 0.2) is 34.8 Å². The molecule has 0 aromatic heterocycles. The maximum absolute atomic E-state index is 11.7. The number of fused-ring (bicyclic) bond motifs is 1. The number of hydrogen-bond acceptors (Lipinski definition) is 3. The van der Waals surface area contributed by atoms with Crippen LogP contribution in [0.2, 0.25) is 0 Å². The van der Waals surface area contributed by atoms with Crippen molar-refractivity contribution in [1.82, 2.24) is 0 Å². The van der Waals surface area contributed by atoms with Gasteiger partial charge < -0.3 is 9.47 Å². The Morgan fingerprint density at radius 3 is 2.48 bits per heavy atom. The van der Waals surface area contributed by atoms with Gasteiger partial charge in [-0.2, -0.15) is 0 Å². The van der Waals surface area contributed by atoms with Crippen molar-refractivity contribution in [3.8, 4) is 22.6 Å². The van der Waals surface area contributed by atoms with E-state index in [-0.39, 0.29) is 5.78 Å². The Hall–Kier alpha value is -1.81. The Morgan fingerprint density at radius 1 is 1.00 bits per heavy atom. The second kappa shape index (κ2) is 5.53. The molecule has 0 N–H and O–H groups in total. The lowest BCUT2D eigenvalue weighted by atomic mass is 9.99. The average Bonchev–Trinajstić information content (AvgIpc) is 2.87. The fourth-order valence-corrected chi connectivity index (χ4v) is 3.42. The summed E-state index contributed by atoms with van der Waals surface area (Å²) in [6.07, 6.45) is 1.43. The molecule has 2 aromatic carbocycles. The normalized spacial score (nSPS) is 13.2. The number of carbonyl (C=O) groups is 1. The molecule has 3 nitrogen and oxygen atoms in total. The number of rotatable bonds is 3. The Labute approximate surface area is 132 Å². The SMILES string of the molecule is COc1ccc(-c2ccc3c(c2)CCC3=O)c(OC)c1Br. The summed E-state index contributed by atoms with van der Waals surface area (Å²) in [5.74, 6) is 1.70. The molecule has 21 heavy (non-hydrogen) atoms. The number of carbonyl (C=O) groups excluding carboxylic acids is 1. The third-order valence-corrected chi connectivity index (χ3v) is 4.57. The highest BCUT2D eigenvalue weighted by Crippen LogP contribution is 2.42. The summed E-state index contributed by atoms with van der Waals surface area (Å²) in [6.45, 7) is 0. The molecule has 0 saturated carbocycles. The number of ether oxygens (including phenoxy) is 2. The van der Waals surface area contributed by atoms with Gasteiger partial charge in [-0.05, 0) is 45.6 Å². The lowest BCUT2D eigenvalue weighted by Gasteiger charge is -2.14. The van der Waals surface area contributed by atoms with Crippen molar-refractivity contribution < 1.29 is 14.3 Å². The molecule has 0 unspecified atom stereocenters. The van der Waals surface area contributed by atoms with E-state index in [2.05, 4.69) is 22.0 Å². The van der Waals surface area contributed by atoms with Crippen LogP contribution in [0.5, 0.6) is 11.5 Å². The fraction of sp³-hybridized carbons (Fsp3) is 0.235. The standard InChI is InChI=1S/C17H15BrO3/c1-20-15-8-6-13(17(21-2)16(15)18)11-3-5-12-10(9-11)4-7-14(12)19/h3,5-6,8-9H,4,7H2,1-2H3. The van der Waals surface area contributed by atoms with E-state index in [0.717, 1.165) is 44.6 Å². The topological polar surface area (TPSA) is 35.5 Å². The molecule has 0 bridgehead atoms. The van der Waals surface area contributed by atoms with E-state index < -0.39 is 0 Å². The quantitative estimate of drug-likeness (QED) is 0.832. The molecule has 2 aromatic rings. The minimum atomic E-state index is 0.236. The van der Waals surface area contributed by atoms with Crippen LogP contribution >= 0.6 is 15.9 Å². The molecule has 0 heterocycles. The Bertz CT molecular complexity index is 722. The van der Waals surface area contributed by atoms with Crippen molar-refractivity contribution in [2.75, 3.05) is 14.2 Å². The molecule has 1 aliphatic carbocycles. The molecule has 0 aliphatic heterocycles. The number of halogens is 1. The van der Waals surface area contributed by atoms with Crippen molar-refractivity contribution in [1.29, 1.82) is 0 Å². The van der Waals surface area contributed by atoms with E-state index >= 15 is 0 Å². The Morgan fingerprint density at radius 2 is 1.76 bits per heavy atom. The Kier molecular flexibility index (Phi) is 3.72. The average molecular weight is 347 g/mol. The molecular weight excluding hydrogens is 332 g/mol. The zero-order chi connectivity index (χ0) is 15.0. The first-order chi connectivity index (χ1) is 10.2. The summed E-state index contributed by atoms with van der Waals surface area (Å²) in [6, 6.07) is 9.84. The van der Waals surface area contributed by atoms with Crippen LogP contribution in [0.3, 0.4) is 0 Å². The van der Waals surface area contributed by atoms with Crippen molar-refractivity contribution in [2.45, 2.75) is 12.8 Å². The van der Waals surface area contributed by atoms with Crippen LogP contribution in [0, 0.1) is 0 Å². The molecule has 1 aliphatic rings. The van der Waals surface area contributed by atoms with Gasteiger partial charge in [-0.1, -0.05) is 18.2 Å². The first-order valence-corrected chi connectivity index (χ1v) is 7.52. The van der Waals surface area contributed by atoms with Crippen LogP contribution in [0.25, 0.3) is 11.1 Å². The zero-order valence-corrected chi connectivity index (χ0v) is 13.5. The van der Waals surface area contributed by atoms with Gasteiger partial charge in [0.25, 0.3) is 0 Å². The van der Waals surface area contributed by atoms with Crippen molar-refractivity contribution >= 4 is 21.7 Å². The van der Waals surface area contributed by atoms with Crippen molar-refractivity contribution in [3.63, 3.8) is 0 Å². The van der Waals surface area contributed by atoms with Crippen molar-refractivity contribution in [3.05, 3.63) is 45.9 Å². The minimum absolute atomic E-state index is 0.236. The van der Waals surface area contributed by atoms with Gasteiger partial charge in [0, 0.05) is 17.5 Å². The zero-order valence-electron chi connectivity index (χ0n) is 11.9. The second-order valence-electron chi connectivity index (χ2n) is 4.96. The smallest absolute Gasteiger partial charge is 0.163 e. The van der Waals surface area contributed by atoms with Gasteiger partial charge >= 0.3 is 0 Å². The molecule has 0 radical (unpaired) electrons. The summed E-state index contributed by atoms with van der Waals surface area (Å²) in [7, 11) is 3.26. The monoisotopic (exact) mass is 346 g/mol. The highest BCUT2D eigenvalue weighted by molar-refractivity contribution is 9.10. The predicted octanol–water partition coefficient (Wildman–Crippen LogP) is 4.26. The van der Waals surface area contributed by atoms with E-state index in [0.29, 0.717) is 6.42 Å².